The molecule has 2 aromatic heterocycles. The number of methoxy groups -OCH3 is 1. The average Bonchev–Trinajstić information content (AvgIpc) is 3.13. The Morgan fingerprint density at radius 3 is 2.77 bits per heavy atom. The lowest BCUT2D eigenvalue weighted by Crippen LogP contribution is -2.05. The molecule has 26 heavy (non-hydrogen) atoms. The van der Waals surface area contributed by atoms with E-state index >= 15 is 0 Å². The van der Waals surface area contributed by atoms with Crippen molar-refractivity contribution in [2.75, 3.05) is 12.4 Å². The maximum absolute atomic E-state index is 5.25. The molecule has 0 saturated carbocycles. The lowest BCUT2D eigenvalue weighted by atomic mass is 10.1. The van der Waals surface area contributed by atoms with Crippen molar-refractivity contribution in [3.8, 4) is 11.5 Å². The first-order valence-electron chi connectivity index (χ1n) is 8.27. The van der Waals surface area contributed by atoms with E-state index in [0.29, 0.717) is 30.6 Å². The first kappa shape index (κ1) is 16.2. The molecule has 0 radical (unpaired) electrons. The number of ether oxygens (including phenoxy) is 1. The Morgan fingerprint density at radius 1 is 1.04 bits per heavy atom. The van der Waals surface area contributed by atoms with Crippen LogP contribution in [0.15, 0.2) is 54.9 Å². The summed E-state index contributed by atoms with van der Waals surface area (Å²) in [6.45, 7) is 1.16. The summed E-state index contributed by atoms with van der Waals surface area (Å²) in [4.78, 5) is 13.0. The van der Waals surface area contributed by atoms with E-state index in [2.05, 4.69) is 30.5 Å². The molecule has 0 amide bonds. The first-order chi connectivity index (χ1) is 12.8. The van der Waals surface area contributed by atoms with Crippen molar-refractivity contribution in [1.82, 2.24) is 25.1 Å². The Labute approximate surface area is 150 Å². The zero-order valence-corrected chi connectivity index (χ0v) is 14.3. The number of rotatable bonds is 6. The van der Waals surface area contributed by atoms with Crippen LogP contribution in [0, 0.1) is 0 Å². The zero-order valence-electron chi connectivity index (χ0n) is 14.3. The standard InChI is InChI=1S/C19H18N6O/c1-26-11-14-8-5-9-15-16(14)24-25-17(15)18-21-12-22-19(23-18)20-10-13-6-3-2-4-7-13/h2-9,12H,10-11H2,1H3,(H,24,25)(H,20,21,22,23). The zero-order chi connectivity index (χ0) is 17.8. The van der Waals surface area contributed by atoms with Gasteiger partial charge in [-0.15, -0.1) is 0 Å². The summed E-state index contributed by atoms with van der Waals surface area (Å²) in [5, 5.41) is 11.7. The highest BCUT2D eigenvalue weighted by molar-refractivity contribution is 5.93. The van der Waals surface area contributed by atoms with Gasteiger partial charge in [-0.25, -0.2) is 9.97 Å². The van der Waals surface area contributed by atoms with Crippen LogP contribution in [0.25, 0.3) is 22.4 Å². The van der Waals surface area contributed by atoms with Crippen LogP contribution in [0.5, 0.6) is 0 Å². The fourth-order valence-electron chi connectivity index (χ4n) is 2.82. The molecule has 0 spiro atoms. The molecule has 2 heterocycles. The maximum Gasteiger partial charge on any atom is 0.226 e. The van der Waals surface area contributed by atoms with Gasteiger partial charge in [0.1, 0.15) is 12.0 Å². The van der Waals surface area contributed by atoms with Gasteiger partial charge in [-0.05, 0) is 5.56 Å². The minimum atomic E-state index is 0.514. The topological polar surface area (TPSA) is 88.6 Å². The number of hydrogen-bond donors (Lipinski definition) is 2. The van der Waals surface area contributed by atoms with Crippen molar-refractivity contribution in [3.63, 3.8) is 0 Å². The fourth-order valence-corrected chi connectivity index (χ4v) is 2.82. The van der Waals surface area contributed by atoms with Crippen molar-refractivity contribution in [3.05, 3.63) is 66.0 Å². The van der Waals surface area contributed by atoms with Gasteiger partial charge in [-0.3, -0.25) is 5.10 Å². The highest BCUT2D eigenvalue weighted by Crippen LogP contribution is 2.26. The van der Waals surface area contributed by atoms with Gasteiger partial charge >= 0.3 is 0 Å². The number of nitrogens with zero attached hydrogens (tertiary/aromatic N) is 4. The number of nitrogens with one attached hydrogen (secondary N) is 2. The molecule has 0 bridgehead atoms. The van der Waals surface area contributed by atoms with E-state index < -0.39 is 0 Å². The predicted octanol–water partition coefficient (Wildman–Crippen LogP) is 3.17. The number of para-hydroxylation sites is 1. The normalized spacial score (nSPS) is 11.0. The van der Waals surface area contributed by atoms with Gasteiger partial charge in [0.05, 0.1) is 12.1 Å². The Bertz CT molecular complexity index is 1010. The molecule has 4 rings (SSSR count). The molecule has 0 aliphatic carbocycles. The number of benzene rings is 2. The molecule has 0 saturated heterocycles. The van der Waals surface area contributed by atoms with E-state index in [4.69, 9.17) is 4.74 Å². The van der Waals surface area contributed by atoms with Crippen molar-refractivity contribution < 1.29 is 4.74 Å². The van der Waals surface area contributed by atoms with Crippen LogP contribution in [0.2, 0.25) is 0 Å². The minimum absolute atomic E-state index is 0.514. The number of H-pyrrole nitrogens is 1. The molecule has 130 valence electrons. The summed E-state index contributed by atoms with van der Waals surface area (Å²) in [5.74, 6) is 1.04. The molecule has 0 aliphatic heterocycles. The summed E-state index contributed by atoms with van der Waals surface area (Å²) in [5.41, 5.74) is 3.83. The predicted molar refractivity (Wildman–Crippen MR) is 99.4 cm³/mol. The van der Waals surface area contributed by atoms with E-state index in [1.807, 2.05) is 48.5 Å². The quantitative estimate of drug-likeness (QED) is 0.557. The third kappa shape index (κ3) is 3.25. The van der Waals surface area contributed by atoms with E-state index in [1.54, 1.807) is 7.11 Å². The maximum atomic E-state index is 5.25. The summed E-state index contributed by atoms with van der Waals surface area (Å²) >= 11 is 0. The van der Waals surface area contributed by atoms with Gasteiger partial charge in [0.15, 0.2) is 5.82 Å². The van der Waals surface area contributed by atoms with Gasteiger partial charge in [0.25, 0.3) is 0 Å². The molecular weight excluding hydrogens is 328 g/mol. The second kappa shape index (κ2) is 7.28. The van der Waals surface area contributed by atoms with Gasteiger partial charge in [-0.2, -0.15) is 10.1 Å². The van der Waals surface area contributed by atoms with Crippen molar-refractivity contribution in [1.29, 1.82) is 0 Å². The van der Waals surface area contributed by atoms with Crippen LogP contribution in [0.1, 0.15) is 11.1 Å². The average molecular weight is 346 g/mol. The third-order valence-corrected chi connectivity index (χ3v) is 4.06. The molecule has 2 aromatic carbocycles. The van der Waals surface area contributed by atoms with Crippen LogP contribution < -0.4 is 5.32 Å². The first-order valence-corrected chi connectivity index (χ1v) is 8.27. The largest absolute Gasteiger partial charge is 0.380 e. The Morgan fingerprint density at radius 2 is 1.92 bits per heavy atom. The summed E-state index contributed by atoms with van der Waals surface area (Å²) in [6.07, 6.45) is 1.50. The van der Waals surface area contributed by atoms with E-state index in [-0.39, 0.29) is 0 Å². The lowest BCUT2D eigenvalue weighted by Gasteiger charge is -2.05. The molecule has 0 unspecified atom stereocenters. The molecule has 0 aliphatic rings. The number of anilines is 1. The van der Waals surface area contributed by atoms with E-state index in [9.17, 15) is 0 Å². The number of aromatic nitrogens is 5. The number of aromatic amines is 1. The van der Waals surface area contributed by atoms with Crippen molar-refractivity contribution in [2.45, 2.75) is 13.2 Å². The van der Waals surface area contributed by atoms with Crippen molar-refractivity contribution in [2.24, 2.45) is 0 Å². The Hall–Kier alpha value is -3.32. The van der Waals surface area contributed by atoms with E-state index in [0.717, 1.165) is 22.0 Å². The second-order valence-electron chi connectivity index (χ2n) is 5.82. The molecule has 0 fully saturated rings. The fraction of sp³-hybridized carbons (Fsp3) is 0.158. The van der Waals surface area contributed by atoms with Crippen molar-refractivity contribution >= 4 is 16.9 Å². The van der Waals surface area contributed by atoms with Crippen LogP contribution in [0.4, 0.5) is 5.95 Å². The Balaban J connectivity index is 1.62. The molecular formula is C19H18N6O. The van der Waals surface area contributed by atoms with Crippen LogP contribution in [-0.2, 0) is 17.9 Å². The van der Waals surface area contributed by atoms with Gasteiger partial charge in [0.2, 0.25) is 5.95 Å². The lowest BCUT2D eigenvalue weighted by molar-refractivity contribution is 0.186. The summed E-state index contributed by atoms with van der Waals surface area (Å²) in [6, 6.07) is 16.1. The third-order valence-electron chi connectivity index (χ3n) is 4.06. The monoisotopic (exact) mass is 346 g/mol. The second-order valence-corrected chi connectivity index (χ2v) is 5.82. The molecule has 7 heteroatoms. The molecule has 2 N–H and O–H groups in total. The van der Waals surface area contributed by atoms with Crippen LogP contribution in [-0.4, -0.2) is 32.3 Å². The van der Waals surface area contributed by atoms with Gasteiger partial charge < -0.3 is 10.1 Å². The Kier molecular flexibility index (Phi) is 4.53. The highest BCUT2D eigenvalue weighted by Gasteiger charge is 2.14. The number of hydrogen-bond acceptors (Lipinski definition) is 6. The van der Waals surface area contributed by atoms with E-state index in [1.165, 1.54) is 6.33 Å². The molecule has 7 nitrogen and oxygen atoms in total. The van der Waals surface area contributed by atoms with Crippen LogP contribution >= 0.6 is 0 Å². The van der Waals surface area contributed by atoms with Crippen LogP contribution in [0.3, 0.4) is 0 Å². The SMILES string of the molecule is COCc1cccc2c(-c3ncnc(NCc4ccccc4)n3)n[nH]c12. The number of fused-ring (bicyclic) bond motifs is 1. The highest BCUT2D eigenvalue weighted by atomic mass is 16.5. The summed E-state index contributed by atoms with van der Waals surface area (Å²) in [7, 11) is 1.67. The molecule has 0 atom stereocenters. The molecule has 4 aromatic rings. The van der Waals surface area contributed by atoms with Gasteiger partial charge in [-0.1, -0.05) is 48.5 Å². The summed E-state index contributed by atoms with van der Waals surface area (Å²) < 4.78 is 5.25. The van der Waals surface area contributed by atoms with Gasteiger partial charge in [0, 0.05) is 24.6 Å². The smallest absolute Gasteiger partial charge is 0.226 e. The minimum Gasteiger partial charge on any atom is -0.380 e.